The maximum absolute atomic E-state index is 12.2. The van der Waals surface area contributed by atoms with Gasteiger partial charge in [-0.2, -0.15) is 0 Å². The zero-order valence-corrected chi connectivity index (χ0v) is 12.2. The number of barbiturate groups is 1. The van der Waals surface area contributed by atoms with Gasteiger partial charge >= 0.3 is 6.03 Å². The van der Waals surface area contributed by atoms with Crippen molar-refractivity contribution >= 4 is 29.9 Å². The molecule has 1 aliphatic rings. The van der Waals surface area contributed by atoms with Crippen molar-refractivity contribution < 1.29 is 14.4 Å². The average molecular weight is 301 g/mol. The van der Waals surface area contributed by atoms with Gasteiger partial charge < -0.3 is 4.90 Å². The van der Waals surface area contributed by atoms with Crippen molar-refractivity contribution in [1.82, 2.24) is 20.2 Å². The highest BCUT2D eigenvalue weighted by atomic mass is 16.2. The van der Waals surface area contributed by atoms with E-state index in [1.165, 1.54) is 24.5 Å². The van der Waals surface area contributed by atoms with Crippen molar-refractivity contribution in [3.8, 4) is 0 Å². The van der Waals surface area contributed by atoms with Gasteiger partial charge in [0.05, 0.1) is 0 Å². The molecule has 1 N–H and O–H groups in total. The number of hydrogen-bond donors (Lipinski definition) is 1. The fourth-order valence-electron chi connectivity index (χ4n) is 1.79. The lowest BCUT2D eigenvalue weighted by atomic mass is 10.1. The highest BCUT2D eigenvalue weighted by molar-refractivity contribution is 6.31. The van der Waals surface area contributed by atoms with Crippen molar-refractivity contribution in [2.24, 2.45) is 0 Å². The molecule has 1 aliphatic heterocycles. The van der Waals surface area contributed by atoms with E-state index >= 15 is 0 Å². The van der Waals surface area contributed by atoms with Crippen molar-refractivity contribution in [1.29, 1.82) is 0 Å². The highest BCUT2D eigenvalue weighted by Gasteiger charge is 2.34. The van der Waals surface area contributed by atoms with Crippen LogP contribution in [0, 0.1) is 0 Å². The second-order valence-electron chi connectivity index (χ2n) is 4.73. The summed E-state index contributed by atoms with van der Waals surface area (Å²) in [5, 5.41) is 2.11. The summed E-state index contributed by atoms with van der Waals surface area (Å²) < 4.78 is 0. The summed E-state index contributed by atoms with van der Waals surface area (Å²) >= 11 is 0. The molecule has 0 bridgehead atoms. The molecule has 1 saturated heterocycles. The molecule has 0 atom stereocenters. The fourth-order valence-corrected chi connectivity index (χ4v) is 1.79. The Balaban J connectivity index is 2.32. The van der Waals surface area contributed by atoms with Crippen molar-refractivity contribution in [3.63, 3.8) is 0 Å². The van der Waals surface area contributed by atoms with E-state index in [2.05, 4.69) is 21.9 Å². The van der Waals surface area contributed by atoms with Crippen LogP contribution in [0.2, 0.25) is 0 Å². The van der Waals surface area contributed by atoms with Crippen LogP contribution in [-0.2, 0) is 9.59 Å². The van der Waals surface area contributed by atoms with Gasteiger partial charge in [0, 0.05) is 38.6 Å². The summed E-state index contributed by atoms with van der Waals surface area (Å²) in [6, 6.07) is -0.758. The van der Waals surface area contributed by atoms with Gasteiger partial charge in [0.25, 0.3) is 11.8 Å². The molecule has 1 aromatic rings. The molecule has 0 radical (unpaired) electrons. The van der Waals surface area contributed by atoms with Gasteiger partial charge in [0.1, 0.15) is 5.57 Å². The van der Waals surface area contributed by atoms with E-state index in [9.17, 15) is 14.4 Å². The number of hydrogen-bond acceptors (Lipinski definition) is 6. The summed E-state index contributed by atoms with van der Waals surface area (Å²) in [6.45, 7) is 3.49. The quantitative estimate of drug-likeness (QED) is 0.484. The molecule has 8 nitrogen and oxygen atoms in total. The van der Waals surface area contributed by atoms with Gasteiger partial charge in [-0.25, -0.2) is 14.8 Å². The van der Waals surface area contributed by atoms with E-state index in [0.29, 0.717) is 11.5 Å². The third kappa shape index (κ3) is 3.00. The van der Waals surface area contributed by atoms with Gasteiger partial charge in [0.2, 0.25) is 5.95 Å². The zero-order chi connectivity index (χ0) is 16.3. The van der Waals surface area contributed by atoms with Crippen LogP contribution >= 0.6 is 0 Å². The number of imide groups is 2. The molecule has 2 heterocycles. The Hall–Kier alpha value is -3.03. The van der Waals surface area contributed by atoms with Crippen LogP contribution in [-0.4, -0.2) is 53.4 Å². The first kappa shape index (κ1) is 15.4. The molecule has 22 heavy (non-hydrogen) atoms. The predicted octanol–water partition coefficient (Wildman–Crippen LogP) is 0.190. The van der Waals surface area contributed by atoms with E-state index in [4.69, 9.17) is 0 Å². The van der Waals surface area contributed by atoms with E-state index in [1.54, 1.807) is 19.0 Å². The van der Waals surface area contributed by atoms with Crippen LogP contribution in [0.5, 0.6) is 0 Å². The first-order chi connectivity index (χ1) is 10.4. The second kappa shape index (κ2) is 6.17. The molecule has 8 heteroatoms. The summed E-state index contributed by atoms with van der Waals surface area (Å²) in [6.07, 6.45) is 5.73. The largest absolute Gasteiger partial charge is 0.347 e. The van der Waals surface area contributed by atoms with E-state index < -0.39 is 17.8 Å². The number of nitrogens with zero attached hydrogens (tertiary/aromatic N) is 4. The maximum Gasteiger partial charge on any atom is 0.331 e. The van der Waals surface area contributed by atoms with Crippen molar-refractivity contribution in [3.05, 3.63) is 36.2 Å². The third-order valence-corrected chi connectivity index (χ3v) is 2.87. The van der Waals surface area contributed by atoms with Gasteiger partial charge in [-0.1, -0.05) is 6.08 Å². The Morgan fingerprint density at radius 2 is 1.91 bits per heavy atom. The molecule has 1 aromatic heterocycles. The Labute approximate surface area is 127 Å². The van der Waals surface area contributed by atoms with Crippen LogP contribution in [0.3, 0.4) is 0 Å². The first-order valence-electron chi connectivity index (χ1n) is 6.43. The highest BCUT2D eigenvalue weighted by Crippen LogP contribution is 2.14. The minimum atomic E-state index is -0.758. The Kier molecular flexibility index (Phi) is 4.31. The lowest BCUT2D eigenvalue weighted by molar-refractivity contribution is -0.129. The Morgan fingerprint density at radius 1 is 1.27 bits per heavy atom. The van der Waals surface area contributed by atoms with E-state index in [1.807, 2.05) is 0 Å². The fraction of sp³-hybridized carbons (Fsp3) is 0.214. The molecule has 4 amide bonds. The van der Waals surface area contributed by atoms with Crippen LogP contribution in [0.25, 0.3) is 6.08 Å². The van der Waals surface area contributed by atoms with Crippen molar-refractivity contribution in [2.45, 2.75) is 0 Å². The lowest BCUT2D eigenvalue weighted by Gasteiger charge is -2.25. The number of anilines is 1. The topological polar surface area (TPSA) is 95.5 Å². The van der Waals surface area contributed by atoms with E-state index in [0.717, 1.165) is 4.90 Å². The average Bonchev–Trinajstić information content (AvgIpc) is 2.48. The smallest absolute Gasteiger partial charge is 0.331 e. The number of carbonyl (C=O) groups is 3. The summed E-state index contributed by atoms with van der Waals surface area (Å²) in [5.74, 6) is -0.914. The molecule has 0 aromatic carbocycles. The first-order valence-corrected chi connectivity index (χ1v) is 6.43. The second-order valence-corrected chi connectivity index (χ2v) is 4.73. The number of nitrogens with one attached hydrogen (secondary N) is 1. The SMILES string of the molecule is C=CCN1C(=O)NC(=O)/C(=C/c2cnc(N(C)C)nc2)C1=O. The standard InChI is InChI=1S/C14H15N5O3/c1-4-5-19-12(21)10(11(20)17-14(19)22)6-9-7-15-13(16-8-9)18(2)3/h4,6-8H,1,5H2,2-3H3,(H,17,20,22)/b10-6-. The Bertz CT molecular complexity index is 664. The third-order valence-electron chi connectivity index (χ3n) is 2.87. The van der Waals surface area contributed by atoms with Gasteiger partial charge in [-0.15, -0.1) is 6.58 Å². The molecular formula is C14H15N5O3. The van der Waals surface area contributed by atoms with Gasteiger partial charge in [-0.3, -0.25) is 19.8 Å². The zero-order valence-electron chi connectivity index (χ0n) is 12.2. The summed E-state index contributed by atoms with van der Waals surface area (Å²) in [7, 11) is 3.59. The number of rotatable bonds is 4. The lowest BCUT2D eigenvalue weighted by Crippen LogP contribution is -2.54. The van der Waals surface area contributed by atoms with Gasteiger partial charge in [-0.05, 0) is 6.08 Å². The summed E-state index contributed by atoms with van der Waals surface area (Å²) in [5.41, 5.74) is 0.333. The molecule has 1 fully saturated rings. The number of amides is 4. The van der Waals surface area contributed by atoms with Crippen LogP contribution in [0.15, 0.2) is 30.6 Å². The van der Waals surface area contributed by atoms with Crippen LogP contribution in [0.4, 0.5) is 10.7 Å². The number of aromatic nitrogens is 2. The van der Waals surface area contributed by atoms with Crippen LogP contribution < -0.4 is 10.2 Å². The monoisotopic (exact) mass is 301 g/mol. The maximum atomic E-state index is 12.2. The minimum absolute atomic E-state index is 0.0192. The molecule has 0 unspecified atom stereocenters. The van der Waals surface area contributed by atoms with E-state index in [-0.39, 0.29) is 12.1 Å². The summed E-state index contributed by atoms with van der Waals surface area (Å²) in [4.78, 5) is 46.4. The molecule has 114 valence electrons. The minimum Gasteiger partial charge on any atom is -0.347 e. The normalized spacial score (nSPS) is 16.7. The predicted molar refractivity (Wildman–Crippen MR) is 79.8 cm³/mol. The van der Waals surface area contributed by atoms with Gasteiger partial charge in [0.15, 0.2) is 0 Å². The number of carbonyl (C=O) groups excluding carboxylic acids is 3. The Morgan fingerprint density at radius 3 is 2.45 bits per heavy atom. The van der Waals surface area contributed by atoms with Crippen molar-refractivity contribution in [2.75, 3.05) is 25.5 Å². The number of urea groups is 1. The molecule has 0 aliphatic carbocycles. The molecule has 2 rings (SSSR count). The molecular weight excluding hydrogens is 286 g/mol. The molecule has 0 saturated carbocycles. The van der Waals surface area contributed by atoms with Crippen LogP contribution in [0.1, 0.15) is 5.56 Å². The molecule has 0 spiro atoms.